The van der Waals surface area contributed by atoms with E-state index < -0.39 is 0 Å². The molecular weight excluding hydrogens is 241 g/mol. The minimum atomic E-state index is -0.0903. The molecule has 1 heterocycles. The van der Waals surface area contributed by atoms with Crippen molar-refractivity contribution >= 4 is 5.91 Å². The largest absolute Gasteiger partial charge is 0.343 e. The topological polar surface area (TPSA) is 20.3 Å². The highest BCUT2D eigenvalue weighted by molar-refractivity contribution is 5.73. The lowest BCUT2D eigenvalue weighted by Crippen LogP contribution is -2.36. The third-order valence-corrected chi connectivity index (χ3v) is 4.07. The Morgan fingerprint density at radius 2 is 1.95 bits per heavy atom. The Hall–Kier alpha value is -1.38. The minimum absolute atomic E-state index is 0.0903. The Morgan fingerprint density at radius 3 is 2.42 bits per heavy atom. The number of rotatable bonds is 2. The molecule has 1 aliphatic rings. The van der Waals surface area contributed by atoms with Crippen LogP contribution in [0.2, 0.25) is 0 Å². The highest BCUT2D eigenvalue weighted by Gasteiger charge is 2.24. The summed E-state index contributed by atoms with van der Waals surface area (Å²) < 4.78 is 14.2. The van der Waals surface area contributed by atoms with E-state index in [9.17, 15) is 9.18 Å². The van der Waals surface area contributed by atoms with Crippen LogP contribution < -0.4 is 0 Å². The van der Waals surface area contributed by atoms with Crippen molar-refractivity contribution in [2.24, 2.45) is 0 Å². The SMILES string of the molecule is CC(=O)N1CCC(c2ccc(C(C)C)cc2F)CC1. The number of nitrogens with zero attached hydrogens (tertiary/aromatic N) is 1. The number of likely N-dealkylation sites (tertiary alicyclic amines) is 1. The van der Waals surface area contributed by atoms with Gasteiger partial charge in [-0.1, -0.05) is 26.0 Å². The number of amides is 1. The molecule has 0 unspecified atom stereocenters. The molecule has 19 heavy (non-hydrogen) atoms. The quantitative estimate of drug-likeness (QED) is 0.797. The average molecular weight is 263 g/mol. The summed E-state index contributed by atoms with van der Waals surface area (Å²) in [4.78, 5) is 13.1. The van der Waals surface area contributed by atoms with Crippen LogP contribution in [0.25, 0.3) is 0 Å². The molecule has 0 atom stereocenters. The van der Waals surface area contributed by atoms with Crippen molar-refractivity contribution in [3.8, 4) is 0 Å². The van der Waals surface area contributed by atoms with Crippen LogP contribution in [0.4, 0.5) is 4.39 Å². The van der Waals surface area contributed by atoms with E-state index in [-0.39, 0.29) is 17.6 Å². The fourth-order valence-corrected chi connectivity index (χ4v) is 2.74. The van der Waals surface area contributed by atoms with Crippen molar-refractivity contribution in [2.75, 3.05) is 13.1 Å². The molecule has 1 amide bonds. The fourth-order valence-electron chi connectivity index (χ4n) is 2.74. The Balaban J connectivity index is 2.09. The van der Waals surface area contributed by atoms with Crippen molar-refractivity contribution in [3.63, 3.8) is 0 Å². The van der Waals surface area contributed by atoms with E-state index in [4.69, 9.17) is 0 Å². The summed E-state index contributed by atoms with van der Waals surface area (Å²) in [7, 11) is 0. The molecule has 1 aromatic rings. The number of carbonyl (C=O) groups excluding carboxylic acids is 1. The van der Waals surface area contributed by atoms with Crippen molar-refractivity contribution in [1.82, 2.24) is 4.90 Å². The first-order valence-electron chi connectivity index (χ1n) is 7.04. The van der Waals surface area contributed by atoms with Crippen LogP contribution in [-0.4, -0.2) is 23.9 Å². The van der Waals surface area contributed by atoms with Gasteiger partial charge in [0, 0.05) is 20.0 Å². The zero-order valence-corrected chi connectivity index (χ0v) is 11.9. The summed E-state index contributed by atoms with van der Waals surface area (Å²) >= 11 is 0. The van der Waals surface area contributed by atoms with E-state index in [1.807, 2.05) is 17.0 Å². The molecule has 0 saturated carbocycles. The first kappa shape index (κ1) is 14.0. The van der Waals surface area contributed by atoms with E-state index in [2.05, 4.69) is 13.8 Å². The standard InChI is InChI=1S/C16H22FNO/c1-11(2)14-4-5-15(16(17)10-14)13-6-8-18(9-7-13)12(3)19/h4-5,10-11,13H,6-9H2,1-3H3. The number of carbonyl (C=O) groups is 1. The van der Waals surface area contributed by atoms with Crippen LogP contribution in [-0.2, 0) is 4.79 Å². The molecule has 0 N–H and O–H groups in total. The lowest BCUT2D eigenvalue weighted by molar-refractivity contribution is -0.129. The van der Waals surface area contributed by atoms with Gasteiger partial charge in [-0.15, -0.1) is 0 Å². The second-order valence-corrected chi connectivity index (χ2v) is 5.72. The summed E-state index contributed by atoms with van der Waals surface area (Å²) in [5.74, 6) is 0.626. The van der Waals surface area contributed by atoms with Crippen molar-refractivity contribution in [1.29, 1.82) is 0 Å². The summed E-state index contributed by atoms with van der Waals surface area (Å²) in [6, 6.07) is 5.62. The van der Waals surface area contributed by atoms with Crippen LogP contribution in [0.3, 0.4) is 0 Å². The van der Waals surface area contributed by atoms with Gasteiger partial charge in [0.1, 0.15) is 5.82 Å². The van der Waals surface area contributed by atoms with Gasteiger partial charge in [-0.05, 0) is 41.9 Å². The van der Waals surface area contributed by atoms with Crippen molar-refractivity contribution < 1.29 is 9.18 Å². The smallest absolute Gasteiger partial charge is 0.219 e. The maximum absolute atomic E-state index is 14.2. The molecule has 0 bridgehead atoms. The first-order valence-corrected chi connectivity index (χ1v) is 7.04. The summed E-state index contributed by atoms with van der Waals surface area (Å²) in [5, 5.41) is 0. The van der Waals surface area contributed by atoms with Crippen LogP contribution in [0.5, 0.6) is 0 Å². The van der Waals surface area contributed by atoms with Gasteiger partial charge in [-0.3, -0.25) is 4.79 Å². The highest BCUT2D eigenvalue weighted by Crippen LogP contribution is 2.31. The van der Waals surface area contributed by atoms with Gasteiger partial charge in [0.05, 0.1) is 0 Å². The average Bonchev–Trinajstić information content (AvgIpc) is 2.38. The molecule has 0 aromatic heterocycles. The molecule has 0 spiro atoms. The molecule has 2 rings (SSSR count). The fraction of sp³-hybridized carbons (Fsp3) is 0.562. The number of benzene rings is 1. The second-order valence-electron chi connectivity index (χ2n) is 5.72. The van der Waals surface area contributed by atoms with Crippen LogP contribution in [0.15, 0.2) is 18.2 Å². The Labute approximate surface area is 114 Å². The van der Waals surface area contributed by atoms with Gasteiger partial charge in [-0.2, -0.15) is 0 Å². The third-order valence-electron chi connectivity index (χ3n) is 4.07. The Kier molecular flexibility index (Phi) is 4.23. The van der Waals surface area contributed by atoms with E-state index in [1.165, 1.54) is 0 Å². The van der Waals surface area contributed by atoms with E-state index in [0.717, 1.165) is 37.1 Å². The van der Waals surface area contributed by atoms with E-state index in [0.29, 0.717) is 5.92 Å². The van der Waals surface area contributed by atoms with Crippen LogP contribution in [0.1, 0.15) is 56.6 Å². The van der Waals surface area contributed by atoms with Crippen LogP contribution >= 0.6 is 0 Å². The lowest BCUT2D eigenvalue weighted by Gasteiger charge is -2.31. The molecule has 1 aliphatic heterocycles. The van der Waals surface area contributed by atoms with Crippen molar-refractivity contribution in [3.05, 3.63) is 35.1 Å². The van der Waals surface area contributed by atoms with Gasteiger partial charge in [-0.25, -0.2) is 4.39 Å². The Bertz CT molecular complexity index is 462. The van der Waals surface area contributed by atoms with Gasteiger partial charge < -0.3 is 4.90 Å². The first-order chi connectivity index (χ1) is 8.99. The molecule has 1 saturated heterocycles. The number of halogens is 1. The molecule has 0 aliphatic carbocycles. The molecule has 1 fully saturated rings. The molecule has 0 radical (unpaired) electrons. The summed E-state index contributed by atoms with van der Waals surface area (Å²) in [6.45, 7) is 7.22. The Morgan fingerprint density at radius 1 is 1.32 bits per heavy atom. The van der Waals surface area contributed by atoms with Gasteiger partial charge in [0.25, 0.3) is 0 Å². The normalized spacial score (nSPS) is 17.0. The van der Waals surface area contributed by atoms with Gasteiger partial charge in [0.15, 0.2) is 0 Å². The predicted octanol–water partition coefficient (Wildman–Crippen LogP) is 3.68. The third kappa shape index (κ3) is 3.14. The second kappa shape index (κ2) is 5.72. The monoisotopic (exact) mass is 263 g/mol. The maximum Gasteiger partial charge on any atom is 0.219 e. The summed E-state index contributed by atoms with van der Waals surface area (Å²) in [6.07, 6.45) is 1.72. The zero-order valence-electron chi connectivity index (χ0n) is 11.9. The number of hydrogen-bond acceptors (Lipinski definition) is 1. The number of hydrogen-bond donors (Lipinski definition) is 0. The molecular formula is C16H22FNO. The van der Waals surface area contributed by atoms with Crippen LogP contribution in [0, 0.1) is 5.82 Å². The minimum Gasteiger partial charge on any atom is -0.343 e. The highest BCUT2D eigenvalue weighted by atomic mass is 19.1. The lowest BCUT2D eigenvalue weighted by atomic mass is 9.87. The van der Waals surface area contributed by atoms with Gasteiger partial charge >= 0.3 is 0 Å². The zero-order chi connectivity index (χ0) is 14.0. The molecule has 2 nitrogen and oxygen atoms in total. The van der Waals surface area contributed by atoms with Gasteiger partial charge in [0.2, 0.25) is 5.91 Å². The summed E-state index contributed by atoms with van der Waals surface area (Å²) in [5.41, 5.74) is 1.86. The predicted molar refractivity (Wildman–Crippen MR) is 74.7 cm³/mol. The molecule has 104 valence electrons. The van der Waals surface area contributed by atoms with Crippen molar-refractivity contribution in [2.45, 2.75) is 45.4 Å². The molecule has 3 heteroatoms. The van der Waals surface area contributed by atoms with E-state index >= 15 is 0 Å². The van der Waals surface area contributed by atoms with E-state index in [1.54, 1.807) is 13.0 Å². The maximum atomic E-state index is 14.2. The molecule has 1 aromatic carbocycles. The number of piperidine rings is 1.